The second kappa shape index (κ2) is 4.62. The van der Waals surface area contributed by atoms with Gasteiger partial charge in [0.15, 0.2) is 5.78 Å². The van der Waals surface area contributed by atoms with E-state index < -0.39 is 0 Å². The third-order valence-corrected chi connectivity index (χ3v) is 3.02. The smallest absolute Gasteiger partial charge is 0.163 e. The Balaban J connectivity index is 2.31. The van der Waals surface area contributed by atoms with Crippen LogP contribution in [0, 0.1) is 0 Å². The number of phenols is 1. The molecule has 1 atom stereocenters. The van der Waals surface area contributed by atoms with Gasteiger partial charge in [-0.05, 0) is 31.4 Å². The molecule has 1 heterocycles. The van der Waals surface area contributed by atoms with Gasteiger partial charge >= 0.3 is 0 Å². The van der Waals surface area contributed by atoms with Gasteiger partial charge in [-0.3, -0.25) is 4.79 Å². The van der Waals surface area contributed by atoms with Gasteiger partial charge in [0.2, 0.25) is 0 Å². The zero-order valence-electron chi connectivity index (χ0n) is 9.90. The minimum absolute atomic E-state index is 0.00416. The lowest BCUT2D eigenvalue weighted by atomic mass is 9.97. The monoisotopic (exact) mass is 232 g/mol. The van der Waals surface area contributed by atoms with Crippen molar-refractivity contribution in [3.63, 3.8) is 0 Å². The van der Waals surface area contributed by atoms with Crippen LogP contribution in [0.1, 0.15) is 35.7 Å². The van der Waals surface area contributed by atoms with Crippen molar-refractivity contribution in [3.8, 4) is 11.5 Å². The van der Waals surface area contributed by atoms with Crippen molar-refractivity contribution < 1.29 is 14.6 Å². The average Bonchev–Trinajstić information content (AvgIpc) is 2.28. The third-order valence-electron chi connectivity index (χ3n) is 3.02. The van der Waals surface area contributed by atoms with E-state index in [1.54, 1.807) is 12.1 Å². The largest absolute Gasteiger partial charge is 0.507 e. The number of fused-ring (bicyclic) bond motifs is 1. The van der Waals surface area contributed by atoms with Crippen molar-refractivity contribution in [2.24, 2.45) is 0 Å². The fourth-order valence-electron chi connectivity index (χ4n) is 2.11. The molecule has 0 aliphatic carbocycles. The highest BCUT2D eigenvalue weighted by Gasteiger charge is 2.21. The minimum atomic E-state index is -0.126. The number of ketones is 1. The molecule has 0 fully saturated rings. The van der Waals surface area contributed by atoms with Gasteiger partial charge in [-0.25, -0.2) is 0 Å². The average molecular weight is 232 g/mol. The van der Waals surface area contributed by atoms with Gasteiger partial charge in [0.1, 0.15) is 17.6 Å². The topological polar surface area (TPSA) is 46.5 Å². The predicted molar refractivity (Wildman–Crippen MR) is 65.7 cm³/mol. The molecule has 0 spiro atoms. The van der Waals surface area contributed by atoms with Crippen LogP contribution >= 0.6 is 0 Å². The van der Waals surface area contributed by atoms with E-state index in [1.165, 1.54) is 6.92 Å². The summed E-state index contributed by atoms with van der Waals surface area (Å²) < 4.78 is 5.75. The Labute approximate surface area is 101 Å². The molecule has 1 N–H and O–H groups in total. The summed E-state index contributed by atoms with van der Waals surface area (Å²) in [6.07, 6.45) is 4.55. The maximum Gasteiger partial charge on any atom is 0.163 e. The Bertz CT molecular complexity index is 463. The summed E-state index contributed by atoms with van der Waals surface area (Å²) in [7, 11) is 0. The van der Waals surface area contributed by atoms with E-state index >= 15 is 0 Å². The van der Waals surface area contributed by atoms with Gasteiger partial charge < -0.3 is 9.84 Å². The molecule has 0 amide bonds. The predicted octanol–water partition coefficient (Wildman–Crippen LogP) is 2.86. The molecular formula is C14H16O3. The van der Waals surface area contributed by atoms with Crippen molar-refractivity contribution in [1.82, 2.24) is 0 Å². The second-order valence-electron chi connectivity index (χ2n) is 4.34. The Hall–Kier alpha value is -1.77. The summed E-state index contributed by atoms with van der Waals surface area (Å²) in [6.45, 7) is 5.14. The van der Waals surface area contributed by atoms with Gasteiger partial charge in [0, 0.05) is 12.5 Å². The lowest BCUT2D eigenvalue weighted by molar-refractivity contribution is 0.101. The van der Waals surface area contributed by atoms with Crippen LogP contribution in [0.3, 0.4) is 0 Å². The van der Waals surface area contributed by atoms with E-state index in [0.717, 1.165) is 24.8 Å². The number of hydrogen-bond donors (Lipinski definition) is 1. The first-order valence-corrected chi connectivity index (χ1v) is 5.76. The number of benzene rings is 1. The third kappa shape index (κ3) is 2.33. The summed E-state index contributed by atoms with van der Waals surface area (Å²) in [5.41, 5.74) is 1.36. The number of Topliss-reactive ketones (excluding diaryl/α,β-unsaturated/α-hetero) is 1. The molecule has 0 saturated carbocycles. The van der Waals surface area contributed by atoms with Crippen LogP contribution < -0.4 is 4.74 Å². The summed E-state index contributed by atoms with van der Waals surface area (Å²) in [4.78, 5) is 11.3. The fraction of sp³-hybridized carbons (Fsp3) is 0.357. The van der Waals surface area contributed by atoms with Crippen LogP contribution in [0.4, 0.5) is 0 Å². The van der Waals surface area contributed by atoms with Gasteiger partial charge in [-0.15, -0.1) is 6.58 Å². The molecule has 1 aliphatic heterocycles. The highest BCUT2D eigenvalue weighted by Crippen LogP contribution is 2.34. The van der Waals surface area contributed by atoms with Gasteiger partial charge in [-0.1, -0.05) is 6.08 Å². The molecule has 0 aromatic heterocycles. The SMILES string of the molecule is C=CC[C@@H]1CCc2cc(C(C)=O)c(O)cc2O1. The fourth-order valence-corrected chi connectivity index (χ4v) is 2.11. The van der Waals surface area contributed by atoms with Gasteiger partial charge in [-0.2, -0.15) is 0 Å². The Morgan fingerprint density at radius 1 is 1.65 bits per heavy atom. The maximum absolute atomic E-state index is 11.3. The Morgan fingerprint density at radius 3 is 3.06 bits per heavy atom. The molecule has 3 nitrogen and oxygen atoms in total. The number of rotatable bonds is 3. The summed E-state index contributed by atoms with van der Waals surface area (Å²) in [5, 5.41) is 9.73. The van der Waals surface area contributed by atoms with Crippen LogP contribution in [0.25, 0.3) is 0 Å². The van der Waals surface area contributed by atoms with E-state index in [1.807, 2.05) is 6.08 Å². The molecule has 0 saturated heterocycles. The van der Waals surface area contributed by atoms with Crippen molar-refractivity contribution in [3.05, 3.63) is 35.9 Å². The Morgan fingerprint density at radius 2 is 2.41 bits per heavy atom. The van der Waals surface area contributed by atoms with Gasteiger partial charge in [0.05, 0.1) is 5.56 Å². The first-order valence-electron chi connectivity index (χ1n) is 5.76. The molecule has 1 aliphatic rings. The van der Waals surface area contributed by atoms with Crippen LogP contribution in [-0.4, -0.2) is 17.0 Å². The number of phenolic OH excluding ortho intramolecular Hbond substituents is 1. The van der Waals surface area contributed by atoms with Crippen LogP contribution in [-0.2, 0) is 6.42 Å². The number of hydrogen-bond acceptors (Lipinski definition) is 3. The quantitative estimate of drug-likeness (QED) is 0.644. The van der Waals surface area contributed by atoms with Crippen LogP contribution in [0.5, 0.6) is 11.5 Å². The van der Waals surface area contributed by atoms with Gasteiger partial charge in [0.25, 0.3) is 0 Å². The normalized spacial score (nSPS) is 18.1. The molecule has 1 aromatic rings. The molecule has 0 bridgehead atoms. The number of ether oxygens (including phenoxy) is 1. The number of carbonyl (C=O) groups is 1. The molecule has 0 radical (unpaired) electrons. The van der Waals surface area contributed by atoms with E-state index in [-0.39, 0.29) is 17.6 Å². The highest BCUT2D eigenvalue weighted by molar-refractivity contribution is 5.97. The van der Waals surface area contributed by atoms with E-state index in [0.29, 0.717) is 11.3 Å². The zero-order chi connectivity index (χ0) is 12.4. The minimum Gasteiger partial charge on any atom is -0.507 e. The first-order chi connectivity index (χ1) is 8.11. The number of aromatic hydroxyl groups is 1. The lowest BCUT2D eigenvalue weighted by Crippen LogP contribution is -2.22. The first kappa shape index (κ1) is 11.7. The zero-order valence-corrected chi connectivity index (χ0v) is 9.90. The molecular weight excluding hydrogens is 216 g/mol. The van der Waals surface area contributed by atoms with Crippen molar-refractivity contribution in [2.45, 2.75) is 32.3 Å². The van der Waals surface area contributed by atoms with Crippen molar-refractivity contribution >= 4 is 5.78 Å². The van der Waals surface area contributed by atoms with Crippen molar-refractivity contribution in [2.75, 3.05) is 0 Å². The molecule has 0 unspecified atom stereocenters. The Kier molecular flexibility index (Phi) is 3.18. The standard InChI is InChI=1S/C14H16O3/c1-3-4-11-6-5-10-7-12(9(2)15)13(16)8-14(10)17-11/h3,7-8,11,16H,1,4-6H2,2H3/t11-/m1/s1. The molecule has 17 heavy (non-hydrogen) atoms. The van der Waals surface area contributed by atoms with E-state index in [4.69, 9.17) is 4.74 Å². The number of aryl methyl sites for hydroxylation is 1. The number of carbonyl (C=O) groups excluding carboxylic acids is 1. The molecule has 2 rings (SSSR count). The van der Waals surface area contributed by atoms with Crippen molar-refractivity contribution in [1.29, 1.82) is 0 Å². The molecule has 1 aromatic carbocycles. The van der Waals surface area contributed by atoms with Crippen LogP contribution in [0.15, 0.2) is 24.8 Å². The summed E-state index contributed by atoms with van der Waals surface area (Å²) in [5.74, 6) is 0.555. The summed E-state index contributed by atoms with van der Waals surface area (Å²) >= 11 is 0. The lowest BCUT2D eigenvalue weighted by Gasteiger charge is -2.25. The van der Waals surface area contributed by atoms with E-state index in [9.17, 15) is 9.90 Å². The molecule has 90 valence electrons. The van der Waals surface area contributed by atoms with E-state index in [2.05, 4.69) is 6.58 Å². The molecule has 3 heteroatoms. The van der Waals surface area contributed by atoms with Crippen LogP contribution in [0.2, 0.25) is 0 Å². The second-order valence-corrected chi connectivity index (χ2v) is 4.34. The maximum atomic E-state index is 11.3. The summed E-state index contributed by atoms with van der Waals surface area (Å²) in [6, 6.07) is 3.28. The highest BCUT2D eigenvalue weighted by atomic mass is 16.5.